The second-order valence-electron chi connectivity index (χ2n) is 5.01. The lowest BCUT2D eigenvalue weighted by molar-refractivity contribution is -0.140. The van der Waals surface area contributed by atoms with Gasteiger partial charge in [0.1, 0.15) is 6.04 Å². The summed E-state index contributed by atoms with van der Waals surface area (Å²) in [6.07, 6.45) is 0. The van der Waals surface area contributed by atoms with Gasteiger partial charge in [-0.2, -0.15) is 0 Å². The number of rotatable bonds is 4. The van der Waals surface area contributed by atoms with Gasteiger partial charge in [-0.05, 0) is 17.4 Å². The van der Waals surface area contributed by atoms with Gasteiger partial charge in [-0.15, -0.1) is 23.1 Å². The molecule has 0 aromatic carbocycles. The Morgan fingerprint density at radius 2 is 2.25 bits per heavy atom. The molecular formula is C13H18N2O3S2. The summed E-state index contributed by atoms with van der Waals surface area (Å²) >= 11 is 3.06. The van der Waals surface area contributed by atoms with Gasteiger partial charge < -0.3 is 15.3 Å². The fourth-order valence-corrected chi connectivity index (χ4v) is 4.19. The van der Waals surface area contributed by atoms with Crippen LogP contribution in [0.3, 0.4) is 0 Å². The van der Waals surface area contributed by atoms with Crippen molar-refractivity contribution in [3.8, 4) is 0 Å². The van der Waals surface area contributed by atoms with Crippen molar-refractivity contribution in [3.05, 3.63) is 22.4 Å². The molecule has 0 aliphatic carbocycles. The van der Waals surface area contributed by atoms with Gasteiger partial charge in [-0.1, -0.05) is 19.9 Å². The molecule has 1 aliphatic heterocycles. The number of urea groups is 1. The summed E-state index contributed by atoms with van der Waals surface area (Å²) in [5, 5.41) is 14.1. The van der Waals surface area contributed by atoms with E-state index in [1.807, 2.05) is 31.4 Å². The molecule has 0 bridgehead atoms. The Labute approximate surface area is 126 Å². The van der Waals surface area contributed by atoms with E-state index < -0.39 is 12.0 Å². The van der Waals surface area contributed by atoms with E-state index in [1.165, 1.54) is 16.7 Å². The minimum Gasteiger partial charge on any atom is -0.480 e. The van der Waals surface area contributed by atoms with Crippen molar-refractivity contribution in [1.82, 2.24) is 10.2 Å². The maximum Gasteiger partial charge on any atom is 0.327 e. The topological polar surface area (TPSA) is 69.6 Å². The van der Waals surface area contributed by atoms with Crippen LogP contribution in [0, 0.1) is 5.92 Å². The molecule has 0 spiro atoms. The van der Waals surface area contributed by atoms with Crippen molar-refractivity contribution < 1.29 is 14.7 Å². The van der Waals surface area contributed by atoms with Crippen LogP contribution in [0.15, 0.2) is 17.5 Å². The third-order valence-electron chi connectivity index (χ3n) is 3.22. The molecule has 110 valence electrons. The quantitative estimate of drug-likeness (QED) is 0.896. The number of nitrogens with one attached hydrogen (secondary N) is 1. The molecule has 1 saturated heterocycles. The number of hydrogen-bond acceptors (Lipinski definition) is 4. The average molecular weight is 314 g/mol. The van der Waals surface area contributed by atoms with Crippen molar-refractivity contribution >= 4 is 35.1 Å². The molecule has 1 unspecified atom stereocenters. The molecule has 20 heavy (non-hydrogen) atoms. The molecule has 7 heteroatoms. The van der Waals surface area contributed by atoms with Crippen LogP contribution in [0.25, 0.3) is 0 Å². The predicted octanol–water partition coefficient (Wildman–Crippen LogP) is 2.61. The lowest BCUT2D eigenvalue weighted by atomic mass is 10.0. The second-order valence-corrected chi connectivity index (χ2v) is 6.99. The molecule has 1 fully saturated rings. The first-order valence-corrected chi connectivity index (χ1v) is 8.45. The summed E-state index contributed by atoms with van der Waals surface area (Å²) in [6, 6.07) is 2.84. The van der Waals surface area contributed by atoms with E-state index >= 15 is 0 Å². The number of nitrogens with zero attached hydrogens (tertiary/aromatic N) is 1. The number of carbonyl (C=O) groups is 2. The zero-order chi connectivity index (χ0) is 14.7. The Kier molecular flexibility index (Phi) is 4.93. The first kappa shape index (κ1) is 15.2. The van der Waals surface area contributed by atoms with Gasteiger partial charge in [0.05, 0.1) is 11.9 Å². The van der Waals surface area contributed by atoms with E-state index in [9.17, 15) is 9.59 Å². The van der Waals surface area contributed by atoms with Crippen molar-refractivity contribution in [2.45, 2.75) is 25.9 Å². The van der Waals surface area contributed by atoms with E-state index in [2.05, 4.69) is 5.32 Å². The lowest BCUT2D eigenvalue weighted by Crippen LogP contribution is -2.48. The maximum absolute atomic E-state index is 12.3. The number of aliphatic carboxylic acids is 1. The van der Waals surface area contributed by atoms with E-state index in [0.29, 0.717) is 11.6 Å². The normalized spacial score (nSPS) is 20.1. The number of carboxylic acid groups (broad SMARTS) is 1. The highest BCUT2D eigenvalue weighted by atomic mass is 32.2. The van der Waals surface area contributed by atoms with E-state index in [0.717, 1.165) is 4.88 Å². The molecule has 2 amide bonds. The zero-order valence-electron chi connectivity index (χ0n) is 11.4. The Balaban J connectivity index is 2.07. The van der Waals surface area contributed by atoms with E-state index in [4.69, 9.17) is 5.11 Å². The van der Waals surface area contributed by atoms with Crippen LogP contribution in [0.2, 0.25) is 0 Å². The molecule has 1 aliphatic rings. The Bertz CT molecular complexity index is 476. The monoisotopic (exact) mass is 314 g/mol. The number of carboxylic acids is 1. The number of amides is 2. The second kappa shape index (κ2) is 6.49. The summed E-state index contributed by atoms with van der Waals surface area (Å²) in [7, 11) is 0. The fraction of sp³-hybridized carbons (Fsp3) is 0.538. The molecule has 2 heterocycles. The number of carbonyl (C=O) groups excluding carboxylic acids is 1. The highest BCUT2D eigenvalue weighted by Crippen LogP contribution is 2.27. The zero-order valence-corrected chi connectivity index (χ0v) is 13.0. The summed E-state index contributed by atoms with van der Waals surface area (Å²) in [5.74, 6) is 0.185. The van der Waals surface area contributed by atoms with Crippen molar-refractivity contribution in [2.75, 3.05) is 11.6 Å². The average Bonchev–Trinajstić information content (AvgIpc) is 3.05. The third kappa shape index (κ3) is 3.27. The molecule has 1 aromatic heterocycles. The molecule has 0 saturated carbocycles. The molecule has 2 N–H and O–H groups in total. The fourth-order valence-electron chi connectivity index (χ4n) is 2.10. The van der Waals surface area contributed by atoms with E-state index in [-0.39, 0.29) is 18.0 Å². The van der Waals surface area contributed by atoms with Crippen LogP contribution >= 0.6 is 23.1 Å². The van der Waals surface area contributed by atoms with Gasteiger partial charge in [-0.25, -0.2) is 9.59 Å². The summed E-state index contributed by atoms with van der Waals surface area (Å²) < 4.78 is 0. The van der Waals surface area contributed by atoms with Crippen LogP contribution in [-0.4, -0.2) is 39.7 Å². The van der Waals surface area contributed by atoms with Crippen LogP contribution < -0.4 is 5.32 Å². The van der Waals surface area contributed by atoms with Gasteiger partial charge >= 0.3 is 12.0 Å². The van der Waals surface area contributed by atoms with E-state index in [1.54, 1.807) is 11.3 Å². The molecule has 1 aromatic rings. The molecule has 2 atom stereocenters. The van der Waals surface area contributed by atoms with Gasteiger partial charge in [0, 0.05) is 10.6 Å². The van der Waals surface area contributed by atoms with Gasteiger partial charge in [0.25, 0.3) is 0 Å². The SMILES string of the molecule is CC(C)C(NC(=O)N1CSC[C@H]1C(=O)O)c1cccs1. The predicted molar refractivity (Wildman–Crippen MR) is 81.0 cm³/mol. The standard InChI is InChI=1S/C13H18N2O3S2/c1-8(2)11(10-4-3-5-20-10)14-13(18)15-7-19-6-9(15)12(16)17/h3-5,8-9,11H,6-7H2,1-2H3,(H,14,18)(H,16,17)/t9-,11?/m0/s1. The minimum absolute atomic E-state index is 0.0810. The Morgan fingerprint density at radius 3 is 2.80 bits per heavy atom. The highest BCUT2D eigenvalue weighted by molar-refractivity contribution is 7.99. The van der Waals surface area contributed by atoms with Crippen LogP contribution in [-0.2, 0) is 4.79 Å². The number of thioether (sulfide) groups is 1. The lowest BCUT2D eigenvalue weighted by Gasteiger charge is -2.26. The Morgan fingerprint density at radius 1 is 1.50 bits per heavy atom. The number of thiophene rings is 1. The van der Waals surface area contributed by atoms with Crippen LogP contribution in [0.5, 0.6) is 0 Å². The van der Waals surface area contributed by atoms with Gasteiger partial charge in [0.15, 0.2) is 0 Å². The Hall–Kier alpha value is -1.21. The van der Waals surface area contributed by atoms with Crippen LogP contribution in [0.4, 0.5) is 4.79 Å². The number of hydrogen-bond donors (Lipinski definition) is 2. The van der Waals surface area contributed by atoms with Gasteiger partial charge in [-0.3, -0.25) is 0 Å². The van der Waals surface area contributed by atoms with Crippen molar-refractivity contribution in [1.29, 1.82) is 0 Å². The largest absolute Gasteiger partial charge is 0.480 e. The van der Waals surface area contributed by atoms with Crippen LogP contribution in [0.1, 0.15) is 24.8 Å². The molecule has 0 radical (unpaired) electrons. The van der Waals surface area contributed by atoms with Crippen molar-refractivity contribution in [2.24, 2.45) is 5.92 Å². The summed E-state index contributed by atoms with van der Waals surface area (Å²) in [5.41, 5.74) is 0. The minimum atomic E-state index is -0.942. The summed E-state index contributed by atoms with van der Waals surface area (Å²) in [6.45, 7) is 4.08. The highest BCUT2D eigenvalue weighted by Gasteiger charge is 2.35. The summed E-state index contributed by atoms with van der Waals surface area (Å²) in [4.78, 5) is 25.9. The van der Waals surface area contributed by atoms with Crippen molar-refractivity contribution in [3.63, 3.8) is 0 Å². The smallest absolute Gasteiger partial charge is 0.327 e. The first-order valence-electron chi connectivity index (χ1n) is 6.41. The molecular weight excluding hydrogens is 296 g/mol. The third-order valence-corrected chi connectivity index (χ3v) is 5.19. The molecule has 5 nitrogen and oxygen atoms in total. The maximum atomic E-state index is 12.3. The van der Waals surface area contributed by atoms with Gasteiger partial charge in [0.2, 0.25) is 0 Å². The first-order chi connectivity index (χ1) is 9.50. The molecule has 2 rings (SSSR count).